The molecule has 5 nitrogen and oxygen atoms in total. The van der Waals surface area contributed by atoms with Crippen LogP contribution in [0.2, 0.25) is 0 Å². The summed E-state index contributed by atoms with van der Waals surface area (Å²) in [7, 11) is -3.21. The highest BCUT2D eigenvalue weighted by Crippen LogP contribution is 2.63. The Labute approximate surface area is 207 Å². The number of carboxylic acid groups (broad SMARTS) is 1. The van der Waals surface area contributed by atoms with Gasteiger partial charge in [0.2, 0.25) is 0 Å². The van der Waals surface area contributed by atoms with Gasteiger partial charge in [-0.05, 0) is 109 Å². The zero-order chi connectivity index (χ0) is 25.0. The zero-order valence-corrected chi connectivity index (χ0v) is 21.3. The second-order valence-corrected chi connectivity index (χ2v) is 13.2. The fourth-order valence-electron chi connectivity index (χ4n) is 7.59. The molecule has 0 radical (unpaired) electrons. The number of hydrogen-bond acceptors (Lipinski definition) is 4. The predicted octanol–water partition coefficient (Wildman–Crippen LogP) is 5.46. The maximum Gasteiger partial charge on any atom is 0.335 e. The number of hydrogen-bond donors (Lipinski definition) is 1. The molecule has 0 heterocycles. The lowest BCUT2D eigenvalue weighted by Gasteiger charge is -2.50. The molecule has 3 aliphatic rings. The van der Waals surface area contributed by atoms with Crippen LogP contribution in [0.5, 0.6) is 0 Å². The largest absolute Gasteiger partial charge is 0.478 e. The SMILES string of the molecule is C[C@]12CC[C@@H]3c4ccc(C(=O)O)cc4CC[C@H]3[C@@H]1CC[C@@H]2C(=O)CCc1ccc(S(C)(=O)=O)cc1. The van der Waals surface area contributed by atoms with Gasteiger partial charge in [-0.15, -0.1) is 0 Å². The first-order valence-electron chi connectivity index (χ1n) is 12.8. The Morgan fingerprint density at radius 3 is 2.46 bits per heavy atom. The van der Waals surface area contributed by atoms with Crippen LogP contribution in [0.4, 0.5) is 0 Å². The van der Waals surface area contributed by atoms with E-state index in [1.54, 1.807) is 18.2 Å². The minimum absolute atomic E-state index is 0.0386. The van der Waals surface area contributed by atoms with E-state index in [-0.39, 0.29) is 11.3 Å². The van der Waals surface area contributed by atoms with E-state index in [4.69, 9.17) is 0 Å². The van der Waals surface area contributed by atoms with Crippen LogP contribution in [0.25, 0.3) is 0 Å². The zero-order valence-electron chi connectivity index (χ0n) is 20.5. The fraction of sp³-hybridized carbons (Fsp3) is 0.517. The van der Waals surface area contributed by atoms with Crippen molar-refractivity contribution >= 4 is 21.6 Å². The second kappa shape index (κ2) is 8.88. The van der Waals surface area contributed by atoms with Crippen LogP contribution in [0.1, 0.15) is 78.4 Å². The van der Waals surface area contributed by atoms with Crippen LogP contribution in [-0.2, 0) is 27.5 Å². The lowest BCUT2D eigenvalue weighted by molar-refractivity contribution is -0.128. The fourth-order valence-corrected chi connectivity index (χ4v) is 8.22. The number of Topliss-reactive ketones (excluding diaryl/α,β-unsaturated/α-hetero) is 1. The minimum atomic E-state index is -3.21. The summed E-state index contributed by atoms with van der Waals surface area (Å²) < 4.78 is 23.4. The smallest absolute Gasteiger partial charge is 0.335 e. The first-order chi connectivity index (χ1) is 16.6. The van der Waals surface area contributed by atoms with Gasteiger partial charge in [0.05, 0.1) is 10.5 Å². The lowest BCUT2D eigenvalue weighted by Crippen LogP contribution is -2.44. The lowest BCUT2D eigenvalue weighted by atomic mass is 9.53. The van der Waals surface area contributed by atoms with Gasteiger partial charge in [0, 0.05) is 18.6 Å². The number of sulfone groups is 1. The van der Waals surface area contributed by atoms with Crippen molar-refractivity contribution in [2.24, 2.45) is 23.2 Å². The summed E-state index contributed by atoms with van der Waals surface area (Å²) in [6.07, 6.45) is 8.51. The van der Waals surface area contributed by atoms with E-state index in [1.807, 2.05) is 24.3 Å². The van der Waals surface area contributed by atoms with Gasteiger partial charge in [0.15, 0.2) is 9.84 Å². The number of carbonyl (C=O) groups is 2. The van der Waals surface area contributed by atoms with Crippen molar-refractivity contribution in [3.63, 3.8) is 0 Å². The van der Waals surface area contributed by atoms with Crippen molar-refractivity contribution < 1.29 is 23.1 Å². The van der Waals surface area contributed by atoms with Crippen LogP contribution in [0.3, 0.4) is 0 Å². The maximum absolute atomic E-state index is 13.4. The molecule has 0 bridgehead atoms. The van der Waals surface area contributed by atoms with E-state index in [1.165, 1.54) is 17.4 Å². The van der Waals surface area contributed by atoms with E-state index >= 15 is 0 Å². The maximum atomic E-state index is 13.4. The summed E-state index contributed by atoms with van der Waals surface area (Å²) >= 11 is 0. The molecule has 2 aromatic carbocycles. The molecule has 0 amide bonds. The van der Waals surface area contributed by atoms with E-state index < -0.39 is 15.8 Å². The molecule has 0 saturated heterocycles. The van der Waals surface area contributed by atoms with Gasteiger partial charge in [-0.1, -0.05) is 25.1 Å². The van der Waals surface area contributed by atoms with Crippen molar-refractivity contribution in [2.45, 2.75) is 69.1 Å². The Morgan fingerprint density at radius 1 is 1.03 bits per heavy atom. The van der Waals surface area contributed by atoms with Crippen molar-refractivity contribution in [3.8, 4) is 0 Å². The average molecular weight is 495 g/mol. The molecule has 0 aliphatic heterocycles. The van der Waals surface area contributed by atoms with Gasteiger partial charge in [0.25, 0.3) is 0 Å². The van der Waals surface area contributed by atoms with Crippen molar-refractivity contribution in [3.05, 3.63) is 64.7 Å². The van der Waals surface area contributed by atoms with E-state index in [0.717, 1.165) is 44.1 Å². The van der Waals surface area contributed by atoms with Crippen molar-refractivity contribution in [2.75, 3.05) is 6.26 Å². The Kier molecular flexibility index (Phi) is 6.15. The topological polar surface area (TPSA) is 88.5 Å². The molecule has 1 N–H and O–H groups in total. The Morgan fingerprint density at radius 2 is 1.77 bits per heavy atom. The van der Waals surface area contributed by atoms with E-state index in [2.05, 4.69) is 6.92 Å². The van der Waals surface area contributed by atoms with Crippen LogP contribution in [-0.4, -0.2) is 31.5 Å². The Bertz CT molecular complexity index is 1260. The normalized spacial score (nSPS) is 29.7. The molecule has 186 valence electrons. The third-order valence-electron chi connectivity index (χ3n) is 9.37. The Balaban J connectivity index is 1.27. The standard InChI is InChI=1S/C29H34O5S/c1-29-16-15-23-22-10-7-20(28(31)32)17-19(22)6-11-24(23)25(29)12-13-26(29)27(30)14-5-18-3-8-21(9-4-18)35(2,33)34/h3-4,7-10,17,23-26H,5-6,11-16H2,1-2H3,(H,31,32)/t23-,24-,25+,26-,29+/m1/s1. The molecule has 5 rings (SSSR count). The number of carbonyl (C=O) groups excluding carboxylic acids is 1. The molecule has 0 spiro atoms. The molecular formula is C29H34O5S. The highest BCUT2D eigenvalue weighted by molar-refractivity contribution is 7.90. The first kappa shape index (κ1) is 24.2. The summed E-state index contributed by atoms with van der Waals surface area (Å²) in [6.45, 7) is 2.34. The quantitative estimate of drug-likeness (QED) is 0.576. The summed E-state index contributed by atoms with van der Waals surface area (Å²) in [5.41, 5.74) is 3.94. The van der Waals surface area contributed by atoms with Crippen molar-refractivity contribution in [1.29, 1.82) is 0 Å². The van der Waals surface area contributed by atoms with E-state index in [0.29, 0.717) is 46.8 Å². The minimum Gasteiger partial charge on any atom is -0.478 e. The number of carboxylic acids is 1. The van der Waals surface area contributed by atoms with Gasteiger partial charge >= 0.3 is 5.97 Å². The molecule has 35 heavy (non-hydrogen) atoms. The molecule has 2 aromatic rings. The monoisotopic (exact) mass is 494 g/mol. The molecule has 0 aromatic heterocycles. The third-order valence-corrected chi connectivity index (χ3v) is 10.5. The van der Waals surface area contributed by atoms with Gasteiger partial charge < -0.3 is 5.11 Å². The number of rotatable bonds is 6. The van der Waals surface area contributed by atoms with Crippen LogP contribution < -0.4 is 0 Å². The summed E-state index contributed by atoms with van der Waals surface area (Å²) in [4.78, 5) is 25.1. The highest BCUT2D eigenvalue weighted by atomic mass is 32.2. The second-order valence-electron chi connectivity index (χ2n) is 11.2. The summed E-state index contributed by atoms with van der Waals surface area (Å²) in [5, 5.41) is 9.36. The third kappa shape index (κ3) is 4.35. The molecule has 3 aliphatic carbocycles. The van der Waals surface area contributed by atoms with Crippen LogP contribution in [0.15, 0.2) is 47.4 Å². The molecular weight excluding hydrogens is 460 g/mol. The average Bonchev–Trinajstić information content (AvgIpc) is 3.19. The number of ketones is 1. The first-order valence-corrected chi connectivity index (χ1v) is 14.6. The van der Waals surface area contributed by atoms with Gasteiger partial charge in [-0.3, -0.25) is 4.79 Å². The van der Waals surface area contributed by atoms with E-state index in [9.17, 15) is 23.1 Å². The molecule has 6 heteroatoms. The van der Waals surface area contributed by atoms with Crippen molar-refractivity contribution in [1.82, 2.24) is 0 Å². The van der Waals surface area contributed by atoms with Gasteiger partial charge in [-0.25, -0.2) is 13.2 Å². The number of aryl methyl sites for hydroxylation is 2. The number of aromatic carboxylic acids is 1. The molecule has 2 fully saturated rings. The summed E-state index contributed by atoms with van der Waals surface area (Å²) in [5.74, 6) is 1.16. The van der Waals surface area contributed by atoms with Crippen LogP contribution >= 0.6 is 0 Å². The van der Waals surface area contributed by atoms with Gasteiger partial charge in [0.1, 0.15) is 5.78 Å². The molecule has 0 unspecified atom stereocenters. The van der Waals surface area contributed by atoms with Crippen LogP contribution in [0, 0.1) is 23.2 Å². The summed E-state index contributed by atoms with van der Waals surface area (Å²) in [6, 6.07) is 12.6. The molecule has 2 saturated carbocycles. The number of fused-ring (bicyclic) bond motifs is 5. The molecule has 5 atom stereocenters. The highest BCUT2D eigenvalue weighted by Gasteiger charge is 2.56. The number of benzene rings is 2. The Hall–Kier alpha value is -2.47. The predicted molar refractivity (Wildman–Crippen MR) is 134 cm³/mol. The van der Waals surface area contributed by atoms with Gasteiger partial charge in [-0.2, -0.15) is 0 Å².